The fraction of sp³-hybridized carbons (Fsp3) is 0.412. The maximum absolute atomic E-state index is 12.2. The van der Waals surface area contributed by atoms with Gasteiger partial charge in [0.2, 0.25) is 23.5 Å². The van der Waals surface area contributed by atoms with Crippen LogP contribution in [-0.2, 0) is 16.1 Å². The van der Waals surface area contributed by atoms with E-state index in [1.807, 2.05) is 45.0 Å². The molecule has 2 heterocycles. The van der Waals surface area contributed by atoms with Gasteiger partial charge in [-0.15, -0.1) is 11.8 Å². The van der Waals surface area contributed by atoms with Gasteiger partial charge in [-0.2, -0.15) is 4.98 Å². The second kappa shape index (κ2) is 6.87. The Balaban J connectivity index is 1.57. The molecule has 1 aliphatic heterocycles. The van der Waals surface area contributed by atoms with Crippen LogP contribution in [0, 0.1) is 6.92 Å². The zero-order valence-electron chi connectivity index (χ0n) is 14.3. The largest absolute Gasteiger partial charge is 0.345 e. The van der Waals surface area contributed by atoms with Gasteiger partial charge in [0.15, 0.2) is 0 Å². The standard InChI is InChI=1S/C17H20N4O3S/c1-10-5-4-6-11(7-10)14-20-13(24-21-14)8-18-15(22)12-9-25-17(2,3)16(23)19-12/h4-7,12H,8-9H2,1-3H3,(H,18,22)(H,19,23)/t12-/m0/s1. The highest BCUT2D eigenvalue weighted by Gasteiger charge is 2.37. The van der Waals surface area contributed by atoms with E-state index in [-0.39, 0.29) is 18.4 Å². The molecule has 7 nitrogen and oxygen atoms in total. The monoisotopic (exact) mass is 360 g/mol. The van der Waals surface area contributed by atoms with Gasteiger partial charge in [0.1, 0.15) is 6.04 Å². The number of aromatic nitrogens is 2. The molecule has 1 atom stereocenters. The van der Waals surface area contributed by atoms with Gasteiger partial charge in [0, 0.05) is 11.3 Å². The van der Waals surface area contributed by atoms with Crippen LogP contribution in [0.1, 0.15) is 25.3 Å². The minimum absolute atomic E-state index is 0.123. The van der Waals surface area contributed by atoms with Crippen molar-refractivity contribution in [2.45, 2.75) is 38.1 Å². The second-order valence-electron chi connectivity index (χ2n) is 6.45. The van der Waals surface area contributed by atoms with Crippen LogP contribution in [0.2, 0.25) is 0 Å². The van der Waals surface area contributed by atoms with E-state index in [1.54, 1.807) is 0 Å². The van der Waals surface area contributed by atoms with E-state index in [4.69, 9.17) is 4.52 Å². The number of benzene rings is 1. The molecular weight excluding hydrogens is 340 g/mol. The van der Waals surface area contributed by atoms with Gasteiger partial charge in [0.05, 0.1) is 11.3 Å². The van der Waals surface area contributed by atoms with Crippen LogP contribution in [0.3, 0.4) is 0 Å². The SMILES string of the molecule is Cc1cccc(-c2noc(CNC(=O)[C@@H]3CSC(C)(C)C(=O)N3)n2)c1. The number of nitrogens with one attached hydrogen (secondary N) is 2. The van der Waals surface area contributed by atoms with Crippen molar-refractivity contribution in [2.75, 3.05) is 5.75 Å². The third kappa shape index (κ3) is 4.01. The van der Waals surface area contributed by atoms with Crippen LogP contribution in [0.25, 0.3) is 11.4 Å². The molecule has 1 fully saturated rings. The average Bonchev–Trinajstić information content (AvgIpc) is 3.04. The van der Waals surface area contributed by atoms with Crippen molar-refractivity contribution < 1.29 is 14.1 Å². The number of carbonyl (C=O) groups excluding carboxylic acids is 2. The van der Waals surface area contributed by atoms with Crippen LogP contribution >= 0.6 is 11.8 Å². The number of amides is 2. The van der Waals surface area contributed by atoms with Crippen molar-refractivity contribution in [2.24, 2.45) is 0 Å². The molecule has 1 aromatic carbocycles. The molecule has 0 radical (unpaired) electrons. The first-order valence-corrected chi connectivity index (χ1v) is 8.96. The molecule has 1 aliphatic rings. The molecule has 0 spiro atoms. The molecule has 2 N–H and O–H groups in total. The quantitative estimate of drug-likeness (QED) is 0.861. The molecule has 0 unspecified atom stereocenters. The highest BCUT2D eigenvalue weighted by atomic mass is 32.2. The van der Waals surface area contributed by atoms with E-state index < -0.39 is 10.8 Å². The smallest absolute Gasteiger partial charge is 0.246 e. The Labute approximate surface area is 149 Å². The van der Waals surface area contributed by atoms with Gasteiger partial charge >= 0.3 is 0 Å². The molecule has 3 rings (SSSR count). The van der Waals surface area contributed by atoms with Crippen molar-refractivity contribution in [3.63, 3.8) is 0 Å². The number of rotatable bonds is 4. The summed E-state index contributed by atoms with van der Waals surface area (Å²) in [4.78, 5) is 28.5. The number of aryl methyl sites for hydroxylation is 1. The summed E-state index contributed by atoms with van der Waals surface area (Å²) >= 11 is 1.47. The normalized spacial score (nSPS) is 19.3. The van der Waals surface area contributed by atoms with Crippen molar-refractivity contribution in [3.05, 3.63) is 35.7 Å². The maximum Gasteiger partial charge on any atom is 0.246 e. The highest BCUT2D eigenvalue weighted by Crippen LogP contribution is 2.29. The van der Waals surface area contributed by atoms with E-state index >= 15 is 0 Å². The lowest BCUT2D eigenvalue weighted by molar-refractivity contribution is -0.129. The summed E-state index contributed by atoms with van der Waals surface area (Å²) in [7, 11) is 0. The van der Waals surface area contributed by atoms with Gasteiger partial charge < -0.3 is 15.2 Å². The predicted octanol–water partition coefficient (Wildman–Crippen LogP) is 1.67. The van der Waals surface area contributed by atoms with Gasteiger partial charge in [-0.25, -0.2) is 0 Å². The Hall–Kier alpha value is -2.35. The lowest BCUT2D eigenvalue weighted by Crippen LogP contribution is -2.57. The molecule has 1 saturated heterocycles. The molecule has 0 bridgehead atoms. The van der Waals surface area contributed by atoms with Crippen LogP contribution < -0.4 is 10.6 Å². The van der Waals surface area contributed by atoms with Crippen molar-refractivity contribution in [1.82, 2.24) is 20.8 Å². The summed E-state index contributed by atoms with van der Waals surface area (Å²) < 4.78 is 4.67. The van der Waals surface area contributed by atoms with Crippen LogP contribution in [-0.4, -0.2) is 38.5 Å². The van der Waals surface area contributed by atoms with Crippen LogP contribution in [0.4, 0.5) is 0 Å². The first-order valence-electron chi connectivity index (χ1n) is 7.97. The Bertz CT molecular complexity index is 803. The summed E-state index contributed by atoms with van der Waals surface area (Å²) in [6, 6.07) is 7.22. The third-order valence-corrected chi connectivity index (χ3v) is 5.34. The summed E-state index contributed by atoms with van der Waals surface area (Å²) in [5, 5.41) is 9.41. The Morgan fingerprint density at radius 1 is 1.48 bits per heavy atom. The molecule has 2 aromatic rings. The van der Waals surface area contributed by atoms with Gasteiger partial charge in [-0.05, 0) is 26.8 Å². The summed E-state index contributed by atoms with van der Waals surface area (Å²) in [5.41, 5.74) is 1.96. The predicted molar refractivity (Wildman–Crippen MR) is 94.8 cm³/mol. The lowest BCUT2D eigenvalue weighted by atomic mass is 10.1. The van der Waals surface area contributed by atoms with Gasteiger partial charge in [-0.1, -0.05) is 28.9 Å². The van der Waals surface area contributed by atoms with E-state index in [1.165, 1.54) is 11.8 Å². The lowest BCUT2D eigenvalue weighted by Gasteiger charge is -2.32. The molecule has 25 heavy (non-hydrogen) atoms. The number of hydrogen-bond donors (Lipinski definition) is 2. The Morgan fingerprint density at radius 2 is 2.28 bits per heavy atom. The number of thioether (sulfide) groups is 1. The molecule has 8 heteroatoms. The number of hydrogen-bond acceptors (Lipinski definition) is 6. The van der Waals surface area contributed by atoms with E-state index in [0.29, 0.717) is 17.5 Å². The van der Waals surface area contributed by atoms with Crippen molar-refractivity contribution >= 4 is 23.6 Å². The summed E-state index contributed by atoms with van der Waals surface area (Å²) in [6.07, 6.45) is 0. The molecule has 1 aromatic heterocycles. The zero-order valence-corrected chi connectivity index (χ0v) is 15.1. The van der Waals surface area contributed by atoms with Crippen molar-refractivity contribution in [1.29, 1.82) is 0 Å². The number of nitrogens with zero attached hydrogens (tertiary/aromatic N) is 2. The third-order valence-electron chi connectivity index (χ3n) is 3.94. The van der Waals surface area contributed by atoms with E-state index in [0.717, 1.165) is 11.1 Å². The molecular formula is C17H20N4O3S. The fourth-order valence-electron chi connectivity index (χ4n) is 2.39. The minimum atomic E-state index is -0.551. The zero-order chi connectivity index (χ0) is 18.0. The molecule has 132 valence electrons. The van der Waals surface area contributed by atoms with E-state index in [2.05, 4.69) is 20.8 Å². The van der Waals surface area contributed by atoms with E-state index in [9.17, 15) is 9.59 Å². The topological polar surface area (TPSA) is 97.1 Å². The fourth-order valence-corrected chi connectivity index (χ4v) is 3.39. The average molecular weight is 360 g/mol. The summed E-state index contributed by atoms with van der Waals surface area (Å²) in [5.74, 6) is 0.939. The second-order valence-corrected chi connectivity index (χ2v) is 8.09. The molecule has 0 aliphatic carbocycles. The van der Waals surface area contributed by atoms with Gasteiger partial charge in [0.25, 0.3) is 0 Å². The first-order chi connectivity index (χ1) is 11.8. The first kappa shape index (κ1) is 17.5. The van der Waals surface area contributed by atoms with Gasteiger partial charge in [-0.3, -0.25) is 9.59 Å². The Morgan fingerprint density at radius 3 is 3.00 bits per heavy atom. The van der Waals surface area contributed by atoms with Crippen molar-refractivity contribution in [3.8, 4) is 11.4 Å². The summed E-state index contributed by atoms with van der Waals surface area (Å²) in [6.45, 7) is 5.79. The number of carbonyl (C=O) groups is 2. The minimum Gasteiger partial charge on any atom is -0.345 e. The maximum atomic E-state index is 12.2. The highest BCUT2D eigenvalue weighted by molar-refractivity contribution is 8.01. The molecule has 0 saturated carbocycles. The Kier molecular flexibility index (Phi) is 4.80. The van der Waals surface area contributed by atoms with Crippen LogP contribution in [0.15, 0.2) is 28.8 Å². The van der Waals surface area contributed by atoms with Crippen LogP contribution in [0.5, 0.6) is 0 Å². The molecule has 2 amide bonds.